The number of benzene rings is 2. The van der Waals surface area contributed by atoms with Gasteiger partial charge in [-0.3, -0.25) is 14.4 Å². The van der Waals surface area contributed by atoms with Gasteiger partial charge in [0.1, 0.15) is 12.1 Å². The van der Waals surface area contributed by atoms with Gasteiger partial charge in [0.2, 0.25) is 11.8 Å². The maximum atomic E-state index is 12.7. The van der Waals surface area contributed by atoms with E-state index in [0.29, 0.717) is 10.9 Å². The van der Waals surface area contributed by atoms with E-state index < -0.39 is 48.2 Å². The molecule has 0 fully saturated rings. The molecule has 0 saturated heterocycles. The molecule has 0 aliphatic heterocycles. The summed E-state index contributed by atoms with van der Waals surface area (Å²) in [5, 5.41) is 22.8. The number of rotatable bonds is 10. The van der Waals surface area contributed by atoms with Crippen LogP contribution in [0, 0.1) is 5.92 Å². The molecule has 2 atom stereocenters. The minimum atomic E-state index is -1.42. The van der Waals surface area contributed by atoms with Gasteiger partial charge in [-0.1, -0.05) is 56.3 Å². The van der Waals surface area contributed by atoms with Crippen LogP contribution in [0.25, 0.3) is 10.8 Å². The molecule has 4 N–H and O–H groups in total. The van der Waals surface area contributed by atoms with Gasteiger partial charge in [0.15, 0.2) is 1.41 Å². The molecule has 8 nitrogen and oxygen atoms in total. The number of nitrogens with one attached hydrogen (secondary N) is 2. The lowest BCUT2D eigenvalue weighted by Crippen LogP contribution is -2.54. The van der Waals surface area contributed by atoms with Gasteiger partial charge in [0.05, 0.1) is 6.42 Å². The molecule has 2 amide bonds. The Hall–Kier alpha value is -3.42. The zero-order valence-electron chi connectivity index (χ0n) is 17.9. The summed E-state index contributed by atoms with van der Waals surface area (Å²) in [6, 6.07) is 10.5. The van der Waals surface area contributed by atoms with Crippen LogP contribution in [0.15, 0.2) is 42.5 Å². The third-order valence-corrected chi connectivity index (χ3v) is 4.61. The second-order valence-corrected chi connectivity index (χ2v) is 7.40. The fourth-order valence-corrected chi connectivity index (χ4v) is 3.02. The van der Waals surface area contributed by atoms with Crippen LogP contribution in [-0.4, -0.2) is 46.0 Å². The van der Waals surface area contributed by atoms with Crippen molar-refractivity contribution in [1.82, 2.24) is 10.6 Å². The number of hydrogen-bond donors (Lipinski definition) is 4. The van der Waals surface area contributed by atoms with Crippen LogP contribution in [0.1, 0.15) is 32.3 Å². The van der Waals surface area contributed by atoms with Crippen molar-refractivity contribution in [2.45, 2.75) is 45.2 Å². The summed E-state index contributed by atoms with van der Waals surface area (Å²) >= 11 is 0. The summed E-state index contributed by atoms with van der Waals surface area (Å²) in [4.78, 5) is 47.5. The summed E-state index contributed by atoms with van der Waals surface area (Å²) < 4.78 is 8.21. The van der Waals surface area contributed by atoms with Crippen LogP contribution in [0.2, 0.25) is 1.41 Å². The fourth-order valence-electron chi connectivity index (χ4n) is 3.02. The van der Waals surface area contributed by atoms with Crippen molar-refractivity contribution in [1.29, 1.82) is 0 Å². The normalized spacial score (nSPS) is 13.4. The molecule has 0 aromatic heterocycles. The molecule has 0 aliphatic carbocycles. The van der Waals surface area contributed by atoms with E-state index in [-0.39, 0.29) is 12.8 Å². The number of carbonyl (C=O) groups excluding carboxylic acids is 2. The van der Waals surface area contributed by atoms with Gasteiger partial charge in [0.25, 0.3) is 0 Å². The molecule has 0 spiro atoms. The largest absolute Gasteiger partial charge is 0.481 e. The molecule has 8 heteroatoms. The SMILES string of the molecule is [2H]N(C(=O)Cc1ccc2ccccc2c1)[C@H](C(=O)N[C@@H](CCC(=O)O)C(=O)O)C(C)C. The van der Waals surface area contributed by atoms with Crippen LogP contribution >= 0.6 is 0 Å². The van der Waals surface area contributed by atoms with Crippen LogP contribution in [0.5, 0.6) is 0 Å². The Kier molecular flexibility index (Phi) is 7.37. The Labute approximate surface area is 175 Å². The summed E-state index contributed by atoms with van der Waals surface area (Å²) in [6.07, 6.45) is -0.828. The summed E-state index contributed by atoms with van der Waals surface area (Å²) in [5.41, 5.74) is 0.689. The maximum absolute atomic E-state index is 12.7. The van der Waals surface area contributed by atoms with Gasteiger partial charge in [-0.2, -0.15) is 0 Å². The zero-order chi connectivity index (χ0) is 23.1. The Morgan fingerprint density at radius 2 is 1.70 bits per heavy atom. The second-order valence-electron chi connectivity index (χ2n) is 7.40. The van der Waals surface area contributed by atoms with Crippen LogP contribution in [-0.2, 0) is 25.6 Å². The average molecular weight is 415 g/mol. The first-order chi connectivity index (χ1) is 14.6. The van der Waals surface area contributed by atoms with E-state index in [1.54, 1.807) is 19.9 Å². The lowest BCUT2D eigenvalue weighted by atomic mass is 10.0. The van der Waals surface area contributed by atoms with E-state index in [1.807, 2.05) is 36.4 Å². The van der Waals surface area contributed by atoms with Gasteiger partial charge in [-0.25, -0.2) is 4.79 Å². The molecule has 2 aromatic rings. The van der Waals surface area contributed by atoms with Crippen molar-refractivity contribution in [2.24, 2.45) is 5.92 Å². The third-order valence-electron chi connectivity index (χ3n) is 4.61. The maximum Gasteiger partial charge on any atom is 0.326 e. The van der Waals surface area contributed by atoms with Crippen molar-refractivity contribution in [3.63, 3.8) is 0 Å². The Bertz CT molecular complexity index is 977. The van der Waals surface area contributed by atoms with Gasteiger partial charge < -0.3 is 20.8 Å². The van der Waals surface area contributed by atoms with E-state index in [2.05, 4.69) is 5.32 Å². The number of amides is 2. The number of carboxylic acid groups (broad SMARTS) is 2. The molecule has 30 heavy (non-hydrogen) atoms. The topological polar surface area (TPSA) is 133 Å². The summed E-state index contributed by atoms with van der Waals surface area (Å²) in [5.74, 6) is -4.45. The first-order valence-electron chi connectivity index (χ1n) is 10.1. The lowest BCUT2D eigenvalue weighted by Gasteiger charge is -2.24. The fraction of sp³-hybridized carbons (Fsp3) is 0.364. The molecule has 0 radical (unpaired) electrons. The molecule has 0 aliphatic rings. The number of carbonyl (C=O) groups is 4. The second kappa shape index (κ2) is 10.4. The number of aliphatic carboxylic acids is 2. The van der Waals surface area contributed by atoms with Gasteiger partial charge in [0, 0.05) is 6.42 Å². The Balaban J connectivity index is 2.12. The first kappa shape index (κ1) is 21.3. The molecular weight excluding hydrogens is 388 g/mol. The van der Waals surface area contributed by atoms with Gasteiger partial charge >= 0.3 is 11.9 Å². The zero-order valence-corrected chi connectivity index (χ0v) is 16.9. The minimum Gasteiger partial charge on any atom is -0.481 e. The van der Waals surface area contributed by atoms with E-state index in [1.165, 1.54) is 0 Å². The van der Waals surface area contributed by atoms with E-state index in [9.17, 15) is 24.3 Å². The number of hydrogen-bond acceptors (Lipinski definition) is 4. The van der Waals surface area contributed by atoms with Crippen molar-refractivity contribution in [3.8, 4) is 0 Å². The smallest absolute Gasteiger partial charge is 0.326 e. The van der Waals surface area contributed by atoms with E-state index in [0.717, 1.165) is 10.8 Å². The number of carboxylic acids is 2. The standard InChI is InChI=1S/C22H26N2O6/c1-13(2)20(21(28)23-17(22(29)30)9-10-19(26)27)24-18(25)12-14-7-8-15-5-3-4-6-16(15)11-14/h3-8,11,13,17,20H,9-10,12H2,1-2H3,(H,23,28)(H,24,25)(H,26,27)(H,29,30)/t17-,20-/m0/s1/i/hD. The number of fused-ring (bicyclic) bond motifs is 1. The summed E-state index contributed by atoms with van der Waals surface area (Å²) in [6.45, 7) is 3.28. The van der Waals surface area contributed by atoms with E-state index >= 15 is 0 Å². The molecule has 0 heterocycles. The van der Waals surface area contributed by atoms with Crippen molar-refractivity contribution in [2.75, 3.05) is 0 Å². The molecule has 2 rings (SSSR count). The molecular formula is C22H26N2O6. The first-order valence-corrected chi connectivity index (χ1v) is 9.63. The third kappa shape index (κ3) is 6.58. The predicted molar refractivity (Wildman–Crippen MR) is 111 cm³/mol. The molecule has 0 saturated carbocycles. The molecule has 160 valence electrons. The van der Waals surface area contributed by atoms with Crippen LogP contribution < -0.4 is 10.6 Å². The highest BCUT2D eigenvalue weighted by Crippen LogP contribution is 2.16. The highest BCUT2D eigenvalue weighted by Gasteiger charge is 2.28. The Morgan fingerprint density at radius 1 is 1.03 bits per heavy atom. The quantitative estimate of drug-likeness (QED) is 0.469. The minimum absolute atomic E-state index is 0.0911. The Morgan fingerprint density at radius 3 is 2.30 bits per heavy atom. The lowest BCUT2D eigenvalue weighted by molar-refractivity contribution is -0.143. The van der Waals surface area contributed by atoms with Gasteiger partial charge in [-0.15, -0.1) is 0 Å². The van der Waals surface area contributed by atoms with Gasteiger partial charge in [-0.05, 0) is 28.7 Å². The summed E-state index contributed by atoms with van der Waals surface area (Å²) in [7, 11) is 0. The molecule has 2 aromatic carbocycles. The molecule has 0 bridgehead atoms. The monoisotopic (exact) mass is 415 g/mol. The highest BCUT2D eigenvalue weighted by atomic mass is 16.4. The van der Waals surface area contributed by atoms with Crippen molar-refractivity contribution >= 4 is 34.5 Å². The predicted octanol–water partition coefficient (Wildman–Crippen LogP) is 1.96. The van der Waals surface area contributed by atoms with Crippen LogP contribution in [0.4, 0.5) is 0 Å². The van der Waals surface area contributed by atoms with Crippen LogP contribution in [0.3, 0.4) is 0 Å². The van der Waals surface area contributed by atoms with E-state index in [4.69, 9.17) is 6.52 Å². The van der Waals surface area contributed by atoms with Crippen molar-refractivity contribution < 1.29 is 30.8 Å². The molecule has 0 unspecified atom stereocenters. The van der Waals surface area contributed by atoms with Crippen molar-refractivity contribution in [3.05, 3.63) is 48.0 Å². The average Bonchev–Trinajstić information content (AvgIpc) is 2.70. The highest BCUT2D eigenvalue weighted by molar-refractivity contribution is 5.91.